The van der Waals surface area contributed by atoms with E-state index in [1.807, 2.05) is 6.08 Å². The number of nitrogens with zero attached hydrogens (tertiary/aromatic N) is 3. The fourth-order valence-corrected chi connectivity index (χ4v) is 6.08. The number of halogens is 2. The summed E-state index contributed by atoms with van der Waals surface area (Å²) in [6, 6.07) is 3.34. The molecule has 2 amide bonds. The highest BCUT2D eigenvalue weighted by atomic mass is 19.2. The predicted octanol–water partition coefficient (Wildman–Crippen LogP) is 3.28. The topological polar surface area (TPSA) is 106 Å². The number of carbonyl (C=O) groups is 1. The standard InChI is InChI=1S/C27H33F2N5O3/c1-37-15-19(14-35)33-12-21(22(13-33)17-7-10-23(28)24(29)11-17)16-5-8-18(9-6-16)34-26(31-27(30)36)20-3-2-4-25(20)32-34/h5,7-11,16,19,21-22,35H,2-4,6,12-15H2,1H3,(H3,30,31,36)/t16?,19?,21-,22-/m0/s1. The highest BCUT2D eigenvalue weighted by molar-refractivity contribution is 5.89. The molecule has 1 fully saturated rings. The number of rotatable bonds is 8. The van der Waals surface area contributed by atoms with E-state index < -0.39 is 17.7 Å². The number of primary amides is 1. The first kappa shape index (κ1) is 25.6. The van der Waals surface area contributed by atoms with Gasteiger partial charge in [-0.1, -0.05) is 18.2 Å². The summed E-state index contributed by atoms with van der Waals surface area (Å²) in [4.78, 5) is 13.8. The number of nitrogens with one attached hydrogen (secondary N) is 1. The second kappa shape index (κ2) is 10.7. The maximum atomic E-state index is 14.2. The molecule has 1 aliphatic heterocycles. The van der Waals surface area contributed by atoms with Crippen LogP contribution in [0.2, 0.25) is 0 Å². The number of nitrogens with two attached hydrogens (primary N) is 1. The number of aliphatic hydroxyl groups is 1. The third-order valence-corrected chi connectivity index (χ3v) is 7.91. The van der Waals surface area contributed by atoms with Gasteiger partial charge in [-0.2, -0.15) is 5.10 Å². The normalized spacial score (nSPS) is 24.2. The van der Waals surface area contributed by atoms with Gasteiger partial charge >= 0.3 is 6.03 Å². The molecule has 1 aromatic carbocycles. The van der Waals surface area contributed by atoms with E-state index >= 15 is 0 Å². The number of allylic oxidation sites excluding steroid dienone is 4. The minimum absolute atomic E-state index is 0.0359. The average molecular weight is 514 g/mol. The van der Waals surface area contributed by atoms with Gasteiger partial charge in [0.05, 0.1) is 30.6 Å². The third-order valence-electron chi connectivity index (χ3n) is 7.91. The van der Waals surface area contributed by atoms with Crippen molar-refractivity contribution in [3.8, 4) is 0 Å². The van der Waals surface area contributed by atoms with E-state index in [0.29, 0.717) is 25.5 Å². The van der Waals surface area contributed by atoms with Crippen molar-refractivity contribution >= 4 is 17.5 Å². The molecule has 2 heterocycles. The molecule has 37 heavy (non-hydrogen) atoms. The Morgan fingerprint density at radius 2 is 2.14 bits per heavy atom. The van der Waals surface area contributed by atoms with Crippen molar-refractivity contribution in [2.24, 2.45) is 17.6 Å². The number of fused-ring (bicyclic) bond motifs is 1. The number of methoxy groups -OCH3 is 1. The van der Waals surface area contributed by atoms with Gasteiger partial charge in [0.25, 0.3) is 0 Å². The lowest BCUT2D eigenvalue weighted by Gasteiger charge is -2.28. The van der Waals surface area contributed by atoms with Crippen molar-refractivity contribution in [2.75, 3.05) is 38.7 Å². The third kappa shape index (κ3) is 5.05. The zero-order valence-electron chi connectivity index (χ0n) is 20.9. The van der Waals surface area contributed by atoms with E-state index in [4.69, 9.17) is 15.6 Å². The van der Waals surface area contributed by atoms with Crippen LogP contribution >= 0.6 is 0 Å². The van der Waals surface area contributed by atoms with E-state index in [9.17, 15) is 18.7 Å². The number of urea groups is 1. The smallest absolute Gasteiger partial charge is 0.317 e. The summed E-state index contributed by atoms with van der Waals surface area (Å²) in [5, 5.41) is 17.4. The molecule has 2 aliphatic carbocycles. The SMILES string of the molecule is COCC(CO)N1C[C@@H](c2ccc(F)c(F)c2)[C@H](C2C=CC(n3nc4c(c3NC(N)=O)CCC4)=CC2)C1. The van der Waals surface area contributed by atoms with E-state index in [1.165, 1.54) is 12.1 Å². The van der Waals surface area contributed by atoms with Gasteiger partial charge in [0.1, 0.15) is 5.82 Å². The summed E-state index contributed by atoms with van der Waals surface area (Å²) >= 11 is 0. The zero-order valence-corrected chi connectivity index (χ0v) is 20.9. The number of hydrogen-bond acceptors (Lipinski definition) is 5. The molecule has 1 saturated heterocycles. The van der Waals surface area contributed by atoms with Gasteiger partial charge in [-0.05, 0) is 61.3 Å². The van der Waals surface area contributed by atoms with Gasteiger partial charge < -0.3 is 15.6 Å². The zero-order chi connectivity index (χ0) is 26.1. The Labute approximate surface area is 214 Å². The molecular weight excluding hydrogens is 480 g/mol. The number of hydrogen-bond donors (Lipinski definition) is 3. The summed E-state index contributed by atoms with van der Waals surface area (Å²) in [5.41, 5.74) is 9.06. The molecule has 2 aromatic rings. The Kier molecular flexibility index (Phi) is 7.41. The van der Waals surface area contributed by atoms with Crippen LogP contribution in [-0.2, 0) is 17.6 Å². The second-order valence-corrected chi connectivity index (χ2v) is 10.1. The Bertz CT molecular complexity index is 1230. The lowest BCUT2D eigenvalue weighted by Crippen LogP contribution is -2.40. The molecular formula is C27H33F2N5O3. The van der Waals surface area contributed by atoms with Gasteiger partial charge in [0.2, 0.25) is 0 Å². The van der Waals surface area contributed by atoms with E-state index in [-0.39, 0.29) is 30.4 Å². The number of ether oxygens (including phenoxy) is 1. The van der Waals surface area contributed by atoms with Gasteiger partial charge in [0, 0.05) is 31.7 Å². The Morgan fingerprint density at radius 3 is 2.81 bits per heavy atom. The summed E-state index contributed by atoms with van der Waals surface area (Å²) < 4.78 is 34.9. The molecule has 0 spiro atoms. The van der Waals surface area contributed by atoms with Crippen LogP contribution in [0.15, 0.2) is 36.4 Å². The fourth-order valence-electron chi connectivity index (χ4n) is 6.08. The largest absolute Gasteiger partial charge is 0.395 e. The number of amides is 2. The maximum absolute atomic E-state index is 14.2. The summed E-state index contributed by atoms with van der Waals surface area (Å²) in [5.74, 6) is -0.857. The van der Waals surface area contributed by atoms with Crippen LogP contribution < -0.4 is 11.1 Å². The number of anilines is 1. The van der Waals surface area contributed by atoms with Crippen molar-refractivity contribution < 1.29 is 23.4 Å². The van der Waals surface area contributed by atoms with Crippen molar-refractivity contribution in [3.63, 3.8) is 0 Å². The number of aryl methyl sites for hydroxylation is 1. The predicted molar refractivity (Wildman–Crippen MR) is 136 cm³/mol. The average Bonchev–Trinajstić information content (AvgIpc) is 3.60. The molecule has 10 heteroatoms. The van der Waals surface area contributed by atoms with Crippen molar-refractivity contribution in [3.05, 3.63) is 64.9 Å². The first-order valence-electron chi connectivity index (χ1n) is 12.7. The monoisotopic (exact) mass is 513 g/mol. The Balaban J connectivity index is 1.40. The first-order chi connectivity index (χ1) is 17.9. The van der Waals surface area contributed by atoms with Crippen molar-refractivity contribution in [1.29, 1.82) is 0 Å². The van der Waals surface area contributed by atoms with Crippen LogP contribution in [0.1, 0.15) is 35.6 Å². The van der Waals surface area contributed by atoms with Crippen molar-refractivity contribution in [1.82, 2.24) is 14.7 Å². The quantitative estimate of drug-likeness (QED) is 0.503. The number of aliphatic hydroxyl groups excluding tert-OH is 1. The molecule has 4 N–H and O–H groups in total. The molecule has 8 nitrogen and oxygen atoms in total. The Hall–Kier alpha value is -3.08. The molecule has 4 atom stereocenters. The van der Waals surface area contributed by atoms with E-state index in [0.717, 1.165) is 48.2 Å². The molecule has 2 unspecified atom stereocenters. The van der Waals surface area contributed by atoms with Crippen LogP contribution in [0.5, 0.6) is 0 Å². The number of carbonyl (C=O) groups excluding carboxylic acids is 1. The van der Waals surface area contributed by atoms with Crippen LogP contribution in [0.25, 0.3) is 5.70 Å². The highest BCUT2D eigenvalue weighted by Gasteiger charge is 2.40. The molecule has 3 aliphatic rings. The van der Waals surface area contributed by atoms with Gasteiger partial charge in [-0.25, -0.2) is 18.3 Å². The van der Waals surface area contributed by atoms with E-state index in [1.54, 1.807) is 17.9 Å². The highest BCUT2D eigenvalue weighted by Crippen LogP contribution is 2.42. The van der Waals surface area contributed by atoms with Gasteiger partial charge in [0.15, 0.2) is 11.6 Å². The summed E-state index contributed by atoms with van der Waals surface area (Å²) in [6.07, 6.45) is 9.70. The van der Waals surface area contributed by atoms with Crippen molar-refractivity contribution in [2.45, 2.75) is 37.6 Å². The fraction of sp³-hybridized carbons (Fsp3) is 0.481. The Morgan fingerprint density at radius 1 is 1.30 bits per heavy atom. The van der Waals surface area contributed by atoms with Gasteiger partial charge in [-0.3, -0.25) is 10.2 Å². The summed E-state index contributed by atoms with van der Waals surface area (Å²) in [7, 11) is 1.60. The minimum atomic E-state index is -0.862. The van der Waals surface area contributed by atoms with Crippen LogP contribution in [-0.4, -0.2) is 65.3 Å². The lowest BCUT2D eigenvalue weighted by atomic mass is 9.77. The molecule has 0 bridgehead atoms. The lowest BCUT2D eigenvalue weighted by molar-refractivity contribution is 0.0623. The van der Waals surface area contributed by atoms with Crippen LogP contribution in [0.3, 0.4) is 0 Å². The van der Waals surface area contributed by atoms with Gasteiger partial charge in [-0.15, -0.1) is 0 Å². The summed E-state index contributed by atoms with van der Waals surface area (Å²) in [6.45, 7) is 1.65. The number of benzene rings is 1. The molecule has 1 aromatic heterocycles. The molecule has 0 radical (unpaired) electrons. The molecule has 198 valence electrons. The molecule has 0 saturated carbocycles. The van der Waals surface area contributed by atoms with Crippen LogP contribution in [0, 0.1) is 23.5 Å². The first-order valence-corrected chi connectivity index (χ1v) is 12.7. The van der Waals surface area contributed by atoms with E-state index in [2.05, 4.69) is 22.4 Å². The van der Waals surface area contributed by atoms with Crippen LogP contribution in [0.4, 0.5) is 19.4 Å². The number of likely N-dealkylation sites (tertiary alicyclic amines) is 1. The maximum Gasteiger partial charge on any atom is 0.317 e. The number of aromatic nitrogens is 2. The minimum Gasteiger partial charge on any atom is -0.395 e. The molecule has 5 rings (SSSR count). The second-order valence-electron chi connectivity index (χ2n) is 10.1.